The lowest BCUT2D eigenvalue weighted by atomic mass is 10.4. The normalized spacial score (nSPS) is 12.7. The molecule has 0 amide bonds. The van der Waals surface area contributed by atoms with Crippen LogP contribution < -0.4 is 0 Å². The van der Waals surface area contributed by atoms with Gasteiger partial charge in [-0.1, -0.05) is 0 Å². The molecule has 0 radical (unpaired) electrons. The van der Waals surface area contributed by atoms with Crippen LogP contribution in [0.3, 0.4) is 0 Å². The Morgan fingerprint density at radius 1 is 1.70 bits per heavy atom. The first-order valence-corrected chi connectivity index (χ1v) is 3.02. The van der Waals surface area contributed by atoms with Crippen LogP contribution in [0.25, 0.3) is 0 Å². The third-order valence-corrected chi connectivity index (χ3v) is 0.860. The van der Waals surface area contributed by atoms with E-state index in [2.05, 4.69) is 9.03 Å². The molecule has 0 aliphatic rings. The van der Waals surface area contributed by atoms with Crippen LogP contribution in [0.5, 0.6) is 0 Å². The molecular weight excluding hydrogens is 160 g/mol. The number of carbonyl (C=O) groups is 1. The first-order valence-electron chi connectivity index (χ1n) is 2.71. The summed E-state index contributed by atoms with van der Waals surface area (Å²) in [5.74, 6) is -0.436. The molecule has 0 saturated heterocycles. The quantitative estimate of drug-likeness (QED) is 0.604. The zero-order chi connectivity index (χ0) is 7.98. The van der Waals surface area contributed by atoms with Crippen molar-refractivity contribution in [2.24, 2.45) is 0 Å². The Balaban J connectivity index is 3.21. The number of ether oxygens (including phenoxy) is 1. The fourth-order valence-corrected chi connectivity index (χ4v) is 0.480. The van der Waals surface area contributed by atoms with Crippen molar-refractivity contribution in [3.63, 3.8) is 0 Å². The fraction of sp³-hybridized carbons (Fsp3) is 0.800. The Bertz CT molecular complexity index is 106. The highest BCUT2D eigenvalue weighted by molar-refractivity contribution is 6.07. The van der Waals surface area contributed by atoms with Crippen LogP contribution in [0.15, 0.2) is 0 Å². The van der Waals surface area contributed by atoms with Gasteiger partial charge in [0, 0.05) is 6.92 Å². The van der Waals surface area contributed by atoms with Gasteiger partial charge in [0.2, 0.25) is 0 Å². The molecule has 0 aromatic rings. The van der Waals surface area contributed by atoms with E-state index in [4.69, 9.17) is 17.0 Å². The van der Waals surface area contributed by atoms with Crippen LogP contribution in [0.2, 0.25) is 0 Å². The van der Waals surface area contributed by atoms with Crippen LogP contribution in [0.1, 0.15) is 6.92 Å². The highest BCUT2D eigenvalue weighted by atomic mass is 35.5. The minimum absolute atomic E-state index is 0.0468. The van der Waals surface area contributed by atoms with Gasteiger partial charge >= 0.3 is 5.97 Å². The van der Waals surface area contributed by atoms with Gasteiger partial charge in [-0.2, -0.15) is 0 Å². The number of aliphatic hydroxyl groups is 1. The van der Waals surface area contributed by atoms with Gasteiger partial charge in [0.1, 0.15) is 12.7 Å². The monoisotopic (exact) mass is 168 g/mol. The van der Waals surface area contributed by atoms with E-state index in [1.54, 1.807) is 0 Å². The summed E-state index contributed by atoms with van der Waals surface area (Å²) in [5, 5.41) is 8.81. The van der Waals surface area contributed by atoms with Gasteiger partial charge in [-0.25, -0.2) is 0 Å². The molecule has 0 bridgehead atoms. The second-order valence-corrected chi connectivity index (χ2v) is 1.95. The molecule has 0 aliphatic carbocycles. The van der Waals surface area contributed by atoms with E-state index in [0.29, 0.717) is 0 Å². The molecule has 4 nitrogen and oxygen atoms in total. The van der Waals surface area contributed by atoms with Crippen molar-refractivity contribution in [3.05, 3.63) is 0 Å². The Morgan fingerprint density at radius 3 is 2.70 bits per heavy atom. The maximum absolute atomic E-state index is 10.1. The van der Waals surface area contributed by atoms with E-state index < -0.39 is 12.1 Å². The second-order valence-electron chi connectivity index (χ2n) is 1.73. The molecule has 0 spiro atoms. The van der Waals surface area contributed by atoms with E-state index in [1.807, 2.05) is 0 Å². The first kappa shape index (κ1) is 9.68. The van der Waals surface area contributed by atoms with Crippen molar-refractivity contribution in [3.8, 4) is 0 Å². The van der Waals surface area contributed by atoms with Crippen molar-refractivity contribution < 1.29 is 18.9 Å². The number of aliphatic hydroxyl groups excluding tert-OH is 1. The summed E-state index contributed by atoms with van der Waals surface area (Å²) in [6.07, 6.45) is -0.846. The van der Waals surface area contributed by atoms with Crippen LogP contribution in [-0.4, -0.2) is 30.4 Å². The number of carbonyl (C=O) groups excluding carboxylic acids is 1. The Morgan fingerprint density at radius 2 is 2.30 bits per heavy atom. The summed E-state index contributed by atoms with van der Waals surface area (Å²) in [7, 11) is 0. The van der Waals surface area contributed by atoms with Gasteiger partial charge in [0.25, 0.3) is 0 Å². The number of esters is 1. The largest absolute Gasteiger partial charge is 0.463 e. The van der Waals surface area contributed by atoms with Gasteiger partial charge in [-0.15, -0.1) is 0 Å². The molecule has 0 fully saturated rings. The van der Waals surface area contributed by atoms with Crippen LogP contribution >= 0.6 is 11.9 Å². The van der Waals surface area contributed by atoms with E-state index in [-0.39, 0.29) is 13.2 Å². The van der Waals surface area contributed by atoms with Gasteiger partial charge in [0.15, 0.2) is 0 Å². The molecule has 0 heterocycles. The van der Waals surface area contributed by atoms with E-state index >= 15 is 0 Å². The summed E-state index contributed by atoms with van der Waals surface area (Å²) >= 11 is 4.81. The molecule has 0 rings (SSSR count). The van der Waals surface area contributed by atoms with Crippen LogP contribution in [0, 0.1) is 0 Å². The molecular formula is C5H9ClO4. The molecule has 0 saturated carbocycles. The van der Waals surface area contributed by atoms with Gasteiger partial charge in [-0.05, 0) is 0 Å². The Kier molecular flexibility index (Phi) is 5.29. The molecule has 0 aromatic heterocycles. The Labute approximate surface area is 63.9 Å². The van der Waals surface area contributed by atoms with Gasteiger partial charge < -0.3 is 9.84 Å². The van der Waals surface area contributed by atoms with Crippen molar-refractivity contribution >= 4 is 17.8 Å². The molecule has 1 N–H and O–H groups in total. The molecule has 0 aliphatic heterocycles. The third kappa shape index (κ3) is 5.81. The lowest BCUT2D eigenvalue weighted by Crippen LogP contribution is -2.21. The minimum atomic E-state index is -0.846. The summed E-state index contributed by atoms with van der Waals surface area (Å²) in [6, 6.07) is 0. The highest BCUT2D eigenvalue weighted by Gasteiger charge is 2.04. The minimum Gasteiger partial charge on any atom is -0.463 e. The van der Waals surface area contributed by atoms with Crippen molar-refractivity contribution in [1.29, 1.82) is 0 Å². The fourth-order valence-electron chi connectivity index (χ4n) is 0.334. The van der Waals surface area contributed by atoms with Crippen LogP contribution in [-0.2, 0) is 13.8 Å². The zero-order valence-corrected chi connectivity index (χ0v) is 6.30. The third-order valence-electron chi connectivity index (χ3n) is 0.734. The average molecular weight is 169 g/mol. The smallest absolute Gasteiger partial charge is 0.302 e. The molecule has 5 heteroatoms. The van der Waals surface area contributed by atoms with Crippen molar-refractivity contribution in [2.75, 3.05) is 13.2 Å². The lowest BCUT2D eigenvalue weighted by Gasteiger charge is -2.06. The maximum atomic E-state index is 10.1. The van der Waals surface area contributed by atoms with Crippen LogP contribution in [0.4, 0.5) is 0 Å². The average Bonchev–Trinajstić information content (AvgIpc) is 1.85. The molecule has 10 heavy (non-hydrogen) atoms. The standard InChI is InChI=1S/C5H9ClO4/c1-4(7)9-2-5(8)3-10-6/h5,8H,2-3H2,1H3/t5-/m0/s1. The summed E-state index contributed by atoms with van der Waals surface area (Å²) in [5.41, 5.74) is 0. The summed E-state index contributed by atoms with van der Waals surface area (Å²) < 4.78 is 8.50. The number of halogens is 1. The highest BCUT2D eigenvalue weighted by Crippen LogP contribution is 1.89. The summed E-state index contributed by atoms with van der Waals surface area (Å²) in [6.45, 7) is 1.13. The molecule has 60 valence electrons. The second kappa shape index (κ2) is 5.46. The van der Waals surface area contributed by atoms with E-state index in [0.717, 1.165) is 0 Å². The van der Waals surface area contributed by atoms with E-state index in [9.17, 15) is 4.79 Å². The van der Waals surface area contributed by atoms with Crippen molar-refractivity contribution in [2.45, 2.75) is 13.0 Å². The SMILES string of the molecule is CC(=O)OC[C@H](O)COCl. The maximum Gasteiger partial charge on any atom is 0.302 e. The predicted molar refractivity (Wildman–Crippen MR) is 34.4 cm³/mol. The first-order chi connectivity index (χ1) is 4.66. The molecule has 0 aromatic carbocycles. The van der Waals surface area contributed by atoms with E-state index in [1.165, 1.54) is 6.92 Å². The Hall–Kier alpha value is -0.320. The number of hydrogen-bond donors (Lipinski definition) is 1. The lowest BCUT2D eigenvalue weighted by molar-refractivity contribution is -0.144. The van der Waals surface area contributed by atoms with Crippen molar-refractivity contribution in [1.82, 2.24) is 0 Å². The zero-order valence-electron chi connectivity index (χ0n) is 5.54. The van der Waals surface area contributed by atoms with Gasteiger partial charge in [0.05, 0.1) is 18.5 Å². The number of rotatable bonds is 4. The number of hydrogen-bond acceptors (Lipinski definition) is 4. The summed E-state index contributed by atoms with van der Waals surface area (Å²) in [4.78, 5) is 10.1. The molecule has 1 atom stereocenters. The predicted octanol–water partition coefficient (Wildman–Crippen LogP) is 0.0808. The van der Waals surface area contributed by atoms with Gasteiger partial charge in [-0.3, -0.25) is 9.08 Å². The molecule has 0 unspecified atom stereocenters. The topological polar surface area (TPSA) is 55.8 Å².